The lowest BCUT2D eigenvalue weighted by atomic mass is 9.87. The van der Waals surface area contributed by atoms with Crippen molar-refractivity contribution >= 4 is 40.2 Å². The molecule has 34 heavy (non-hydrogen) atoms. The van der Waals surface area contributed by atoms with Gasteiger partial charge in [0, 0.05) is 28.4 Å². The quantitative estimate of drug-likeness (QED) is 0.456. The number of halogens is 1. The van der Waals surface area contributed by atoms with Crippen LogP contribution in [-0.4, -0.2) is 41.3 Å². The van der Waals surface area contributed by atoms with Crippen LogP contribution in [0.3, 0.4) is 0 Å². The Hall–Kier alpha value is -3.05. The van der Waals surface area contributed by atoms with Crippen LogP contribution in [-0.2, 0) is 16.0 Å². The Morgan fingerprint density at radius 2 is 2.03 bits per heavy atom. The maximum atomic E-state index is 13.3. The van der Waals surface area contributed by atoms with E-state index in [1.807, 2.05) is 39.8 Å². The zero-order chi connectivity index (χ0) is 25.0. The van der Waals surface area contributed by atoms with Crippen molar-refractivity contribution in [2.75, 3.05) is 6.54 Å². The number of carbonyl (C=O) groups is 3. The van der Waals surface area contributed by atoms with E-state index in [0.29, 0.717) is 36.5 Å². The number of aromatic nitrogens is 1. The minimum atomic E-state index is -0.847. The molecule has 0 radical (unpaired) electrons. The number of amides is 3. The molecule has 1 aliphatic heterocycles. The number of fused-ring (bicyclic) bond motifs is 1. The third kappa shape index (κ3) is 6.09. The van der Waals surface area contributed by atoms with Crippen LogP contribution in [0.1, 0.15) is 63.0 Å². The summed E-state index contributed by atoms with van der Waals surface area (Å²) in [6.45, 7) is 8.47. The molecule has 1 aromatic carbocycles. The van der Waals surface area contributed by atoms with Crippen molar-refractivity contribution in [2.24, 2.45) is 11.3 Å². The van der Waals surface area contributed by atoms with E-state index in [1.165, 1.54) is 0 Å². The molecule has 1 saturated heterocycles. The fraction of sp³-hybridized carbons (Fsp3) is 0.520. The normalized spacial score (nSPS) is 17.6. The topological polar surface area (TPSA) is 127 Å². The Morgan fingerprint density at radius 1 is 1.29 bits per heavy atom. The lowest BCUT2D eigenvalue weighted by Gasteiger charge is -2.27. The molecule has 4 N–H and O–H groups in total. The van der Waals surface area contributed by atoms with Crippen LogP contribution < -0.4 is 16.0 Å². The van der Waals surface area contributed by atoms with Crippen LogP contribution >= 0.6 is 11.6 Å². The number of nitrogens with one attached hydrogen (secondary N) is 4. The summed E-state index contributed by atoms with van der Waals surface area (Å²) in [5.74, 6) is -1.23. The smallest absolute Gasteiger partial charge is 0.268 e. The van der Waals surface area contributed by atoms with Crippen LogP contribution in [0, 0.1) is 22.7 Å². The number of rotatable bonds is 8. The average molecular weight is 486 g/mol. The first-order chi connectivity index (χ1) is 16.0. The molecule has 1 aliphatic rings. The number of benzene rings is 1. The Labute approximate surface area is 204 Å². The fourth-order valence-corrected chi connectivity index (χ4v) is 4.58. The summed E-state index contributed by atoms with van der Waals surface area (Å²) in [5.41, 5.74) is 1.75. The van der Waals surface area contributed by atoms with Crippen LogP contribution in [0.15, 0.2) is 18.2 Å². The predicted octanol–water partition coefficient (Wildman–Crippen LogP) is 3.45. The highest BCUT2D eigenvalue weighted by molar-refractivity contribution is 6.31. The second-order valence-corrected chi connectivity index (χ2v) is 10.5. The molecule has 182 valence electrons. The van der Waals surface area contributed by atoms with Crippen molar-refractivity contribution in [2.45, 2.75) is 65.5 Å². The highest BCUT2D eigenvalue weighted by atomic mass is 35.5. The SMILES string of the molecule is CCc1c(C(=O)N[C@@H](CC(C)(C)C)C(=O)N[C@H](C#N)C[C@@H]2CCNC2=O)[nH]c2ccc(Cl)cc12. The second kappa shape index (κ2) is 10.5. The molecule has 3 amide bonds. The number of aryl methyl sites for hydroxylation is 1. The van der Waals surface area contributed by atoms with Gasteiger partial charge in [0.25, 0.3) is 5.91 Å². The zero-order valence-corrected chi connectivity index (χ0v) is 20.8. The number of H-pyrrole nitrogens is 1. The van der Waals surface area contributed by atoms with Gasteiger partial charge in [-0.1, -0.05) is 39.3 Å². The van der Waals surface area contributed by atoms with Gasteiger partial charge in [0.05, 0.1) is 6.07 Å². The lowest BCUT2D eigenvalue weighted by molar-refractivity contribution is -0.125. The molecule has 8 nitrogen and oxygen atoms in total. The molecule has 0 unspecified atom stereocenters. The molecule has 1 fully saturated rings. The van der Waals surface area contributed by atoms with Crippen molar-refractivity contribution < 1.29 is 14.4 Å². The molecular weight excluding hydrogens is 454 g/mol. The number of hydrogen-bond donors (Lipinski definition) is 4. The highest BCUT2D eigenvalue weighted by Gasteiger charge is 2.32. The molecule has 1 aromatic heterocycles. The van der Waals surface area contributed by atoms with E-state index >= 15 is 0 Å². The van der Waals surface area contributed by atoms with E-state index < -0.39 is 23.9 Å². The summed E-state index contributed by atoms with van der Waals surface area (Å²) in [5, 5.41) is 19.4. The van der Waals surface area contributed by atoms with E-state index in [-0.39, 0.29) is 23.7 Å². The predicted molar refractivity (Wildman–Crippen MR) is 131 cm³/mol. The Balaban J connectivity index is 1.80. The molecule has 0 aliphatic carbocycles. The van der Waals surface area contributed by atoms with Gasteiger partial charge in [-0.3, -0.25) is 14.4 Å². The maximum absolute atomic E-state index is 13.3. The van der Waals surface area contributed by atoms with E-state index in [4.69, 9.17) is 11.6 Å². The fourth-order valence-electron chi connectivity index (χ4n) is 4.40. The molecule has 0 spiro atoms. The first kappa shape index (κ1) is 25.6. The van der Waals surface area contributed by atoms with E-state index in [0.717, 1.165) is 16.5 Å². The molecule has 2 aromatic rings. The maximum Gasteiger partial charge on any atom is 0.268 e. The van der Waals surface area contributed by atoms with Gasteiger partial charge in [-0.2, -0.15) is 5.26 Å². The van der Waals surface area contributed by atoms with Crippen LogP contribution in [0.25, 0.3) is 10.9 Å². The summed E-state index contributed by atoms with van der Waals surface area (Å²) in [6, 6.07) is 5.81. The number of nitriles is 1. The van der Waals surface area contributed by atoms with Crippen molar-refractivity contribution in [3.8, 4) is 6.07 Å². The van der Waals surface area contributed by atoms with Gasteiger partial charge in [0.2, 0.25) is 11.8 Å². The minimum Gasteiger partial charge on any atom is -0.356 e. The molecule has 0 bridgehead atoms. The van der Waals surface area contributed by atoms with Gasteiger partial charge < -0.3 is 20.9 Å². The first-order valence-corrected chi connectivity index (χ1v) is 12.0. The summed E-state index contributed by atoms with van der Waals surface area (Å²) < 4.78 is 0. The monoisotopic (exact) mass is 485 g/mol. The third-order valence-corrected chi connectivity index (χ3v) is 6.28. The molecule has 3 rings (SSSR count). The second-order valence-electron chi connectivity index (χ2n) is 10.0. The van der Waals surface area contributed by atoms with E-state index in [9.17, 15) is 19.6 Å². The number of nitrogens with zero attached hydrogens (tertiary/aromatic N) is 1. The van der Waals surface area contributed by atoms with Crippen LogP contribution in [0.2, 0.25) is 5.02 Å². The van der Waals surface area contributed by atoms with Gasteiger partial charge in [-0.25, -0.2) is 0 Å². The molecule has 9 heteroatoms. The molecule has 2 heterocycles. The Morgan fingerprint density at radius 3 is 2.62 bits per heavy atom. The summed E-state index contributed by atoms with van der Waals surface area (Å²) in [4.78, 5) is 41.5. The summed E-state index contributed by atoms with van der Waals surface area (Å²) in [6.07, 6.45) is 1.87. The molecule has 3 atom stereocenters. The number of hydrogen-bond acceptors (Lipinski definition) is 4. The van der Waals surface area contributed by atoms with Crippen molar-refractivity contribution in [1.29, 1.82) is 5.26 Å². The highest BCUT2D eigenvalue weighted by Crippen LogP contribution is 2.27. The van der Waals surface area contributed by atoms with Gasteiger partial charge in [0.15, 0.2) is 0 Å². The minimum absolute atomic E-state index is 0.0972. The third-order valence-electron chi connectivity index (χ3n) is 6.04. The lowest BCUT2D eigenvalue weighted by Crippen LogP contribution is -2.51. The number of carbonyl (C=O) groups excluding carboxylic acids is 3. The summed E-state index contributed by atoms with van der Waals surface area (Å²) >= 11 is 6.15. The van der Waals surface area contributed by atoms with Gasteiger partial charge in [-0.05, 0) is 54.9 Å². The average Bonchev–Trinajstić information content (AvgIpc) is 3.34. The van der Waals surface area contributed by atoms with Gasteiger partial charge >= 0.3 is 0 Å². The number of aromatic amines is 1. The van der Waals surface area contributed by atoms with E-state index in [2.05, 4.69) is 27.0 Å². The van der Waals surface area contributed by atoms with Crippen molar-refractivity contribution in [3.05, 3.63) is 34.5 Å². The standard InChI is InChI=1S/C25H32ClN5O3/c1-5-17-18-11-15(26)6-7-19(18)30-21(17)24(34)31-20(12-25(2,3)4)23(33)29-16(13-27)10-14-8-9-28-22(14)32/h6-7,11,14,16,20,30H,5,8-10,12H2,1-4H3,(H,28,32)(H,29,33)(H,31,34)/t14-,16-,20-/m0/s1. The summed E-state index contributed by atoms with van der Waals surface area (Å²) in [7, 11) is 0. The Kier molecular flexibility index (Phi) is 7.88. The van der Waals surface area contributed by atoms with Crippen LogP contribution in [0.4, 0.5) is 0 Å². The van der Waals surface area contributed by atoms with Crippen molar-refractivity contribution in [1.82, 2.24) is 20.9 Å². The first-order valence-electron chi connectivity index (χ1n) is 11.6. The largest absolute Gasteiger partial charge is 0.356 e. The van der Waals surface area contributed by atoms with Gasteiger partial charge in [-0.15, -0.1) is 0 Å². The Bertz CT molecular complexity index is 1130. The van der Waals surface area contributed by atoms with E-state index in [1.54, 1.807) is 6.07 Å². The van der Waals surface area contributed by atoms with Gasteiger partial charge in [0.1, 0.15) is 17.8 Å². The zero-order valence-electron chi connectivity index (χ0n) is 20.0. The molecular formula is C25H32ClN5O3. The van der Waals surface area contributed by atoms with Crippen LogP contribution in [0.5, 0.6) is 0 Å². The van der Waals surface area contributed by atoms with Crippen molar-refractivity contribution in [3.63, 3.8) is 0 Å². The molecule has 0 saturated carbocycles.